The summed E-state index contributed by atoms with van der Waals surface area (Å²) in [4.78, 5) is 11.6. The highest BCUT2D eigenvalue weighted by atomic mass is 16.6. The average Bonchev–Trinajstić information content (AvgIpc) is 2.15. The number of ether oxygens (including phenoxy) is 1. The molecule has 2 unspecified atom stereocenters. The smallest absolute Gasteiger partial charge is 0.407 e. The molecular formula is C14H23NO2. The zero-order chi connectivity index (χ0) is 12.9. The van der Waals surface area contributed by atoms with Crippen molar-refractivity contribution < 1.29 is 9.53 Å². The SMILES string of the molecule is C#CCC1CCCC(NC(=O)OC(C)(C)C)C1. The van der Waals surface area contributed by atoms with Gasteiger partial charge in [0.25, 0.3) is 0 Å². The first kappa shape index (κ1) is 13.9. The molecule has 0 aromatic heterocycles. The van der Waals surface area contributed by atoms with E-state index in [4.69, 9.17) is 11.2 Å². The molecule has 96 valence electrons. The van der Waals surface area contributed by atoms with Crippen LogP contribution in [0.15, 0.2) is 0 Å². The maximum absolute atomic E-state index is 11.6. The molecule has 1 saturated carbocycles. The normalized spacial score (nSPS) is 24.8. The Labute approximate surface area is 104 Å². The summed E-state index contributed by atoms with van der Waals surface area (Å²) >= 11 is 0. The Kier molecular flexibility index (Phi) is 4.86. The predicted octanol–water partition coefficient (Wildman–Crippen LogP) is 3.09. The third kappa shape index (κ3) is 5.63. The van der Waals surface area contributed by atoms with Gasteiger partial charge < -0.3 is 10.1 Å². The first-order valence-corrected chi connectivity index (χ1v) is 6.33. The van der Waals surface area contributed by atoms with E-state index in [1.165, 1.54) is 6.42 Å². The van der Waals surface area contributed by atoms with E-state index in [0.29, 0.717) is 5.92 Å². The van der Waals surface area contributed by atoms with Crippen molar-refractivity contribution in [2.75, 3.05) is 0 Å². The summed E-state index contributed by atoms with van der Waals surface area (Å²) < 4.78 is 5.25. The van der Waals surface area contributed by atoms with Gasteiger partial charge in [-0.05, 0) is 46.0 Å². The highest BCUT2D eigenvalue weighted by Gasteiger charge is 2.24. The zero-order valence-electron chi connectivity index (χ0n) is 11.1. The lowest BCUT2D eigenvalue weighted by Crippen LogP contribution is -2.41. The van der Waals surface area contributed by atoms with Crippen LogP contribution in [-0.2, 0) is 4.74 Å². The van der Waals surface area contributed by atoms with E-state index in [1.54, 1.807) is 0 Å². The van der Waals surface area contributed by atoms with Gasteiger partial charge in [-0.25, -0.2) is 4.79 Å². The fourth-order valence-corrected chi connectivity index (χ4v) is 2.25. The number of carbonyl (C=O) groups excluding carboxylic acids is 1. The van der Waals surface area contributed by atoms with Crippen LogP contribution in [0.1, 0.15) is 52.9 Å². The molecule has 17 heavy (non-hydrogen) atoms. The number of terminal acetylenes is 1. The van der Waals surface area contributed by atoms with Gasteiger partial charge in [0, 0.05) is 12.5 Å². The van der Waals surface area contributed by atoms with E-state index in [2.05, 4.69) is 11.2 Å². The predicted molar refractivity (Wildman–Crippen MR) is 68.6 cm³/mol. The number of amides is 1. The van der Waals surface area contributed by atoms with E-state index < -0.39 is 5.60 Å². The molecule has 1 amide bonds. The van der Waals surface area contributed by atoms with Gasteiger partial charge in [-0.1, -0.05) is 6.42 Å². The van der Waals surface area contributed by atoms with Crippen LogP contribution in [0.3, 0.4) is 0 Å². The maximum atomic E-state index is 11.6. The second-order valence-electron chi connectivity index (χ2n) is 5.78. The first-order valence-electron chi connectivity index (χ1n) is 6.33. The van der Waals surface area contributed by atoms with Crippen molar-refractivity contribution in [3.63, 3.8) is 0 Å². The number of nitrogens with one attached hydrogen (secondary N) is 1. The Morgan fingerprint density at radius 2 is 2.18 bits per heavy atom. The lowest BCUT2D eigenvalue weighted by Gasteiger charge is -2.29. The van der Waals surface area contributed by atoms with E-state index >= 15 is 0 Å². The number of carbonyl (C=O) groups is 1. The quantitative estimate of drug-likeness (QED) is 0.749. The molecule has 0 saturated heterocycles. The summed E-state index contributed by atoms with van der Waals surface area (Å²) in [5.41, 5.74) is -0.434. The topological polar surface area (TPSA) is 38.3 Å². The van der Waals surface area contributed by atoms with Crippen LogP contribution >= 0.6 is 0 Å². The molecule has 2 atom stereocenters. The standard InChI is InChI=1S/C14H23NO2/c1-5-7-11-8-6-9-12(10-11)15-13(16)17-14(2,3)4/h1,11-12H,6-10H2,2-4H3,(H,15,16). The molecule has 0 aromatic carbocycles. The lowest BCUT2D eigenvalue weighted by atomic mass is 9.84. The summed E-state index contributed by atoms with van der Waals surface area (Å²) in [7, 11) is 0. The third-order valence-electron chi connectivity index (χ3n) is 2.91. The maximum Gasteiger partial charge on any atom is 0.407 e. The van der Waals surface area contributed by atoms with Crippen molar-refractivity contribution in [3.05, 3.63) is 0 Å². The molecule has 3 nitrogen and oxygen atoms in total. The van der Waals surface area contributed by atoms with Crippen molar-refractivity contribution in [1.29, 1.82) is 0 Å². The third-order valence-corrected chi connectivity index (χ3v) is 2.91. The molecular weight excluding hydrogens is 214 g/mol. The van der Waals surface area contributed by atoms with Gasteiger partial charge in [-0.3, -0.25) is 0 Å². The molecule has 0 spiro atoms. The van der Waals surface area contributed by atoms with Gasteiger partial charge in [0.15, 0.2) is 0 Å². The second-order valence-corrected chi connectivity index (χ2v) is 5.78. The minimum absolute atomic E-state index is 0.219. The fourth-order valence-electron chi connectivity index (χ4n) is 2.25. The fraction of sp³-hybridized carbons (Fsp3) is 0.786. The van der Waals surface area contributed by atoms with E-state index in [9.17, 15) is 4.79 Å². The Morgan fingerprint density at radius 1 is 1.47 bits per heavy atom. The molecule has 1 N–H and O–H groups in total. The molecule has 1 fully saturated rings. The van der Waals surface area contributed by atoms with Crippen LogP contribution in [0.25, 0.3) is 0 Å². The van der Waals surface area contributed by atoms with E-state index in [0.717, 1.165) is 25.7 Å². The largest absolute Gasteiger partial charge is 0.444 e. The van der Waals surface area contributed by atoms with Gasteiger partial charge in [-0.15, -0.1) is 12.3 Å². The van der Waals surface area contributed by atoms with Crippen molar-refractivity contribution in [3.8, 4) is 12.3 Å². The summed E-state index contributed by atoms with van der Waals surface area (Å²) in [6, 6.07) is 0.219. The highest BCUT2D eigenvalue weighted by molar-refractivity contribution is 5.68. The van der Waals surface area contributed by atoms with Crippen molar-refractivity contribution >= 4 is 6.09 Å². The van der Waals surface area contributed by atoms with Gasteiger partial charge in [0.05, 0.1) is 0 Å². The summed E-state index contributed by atoms with van der Waals surface area (Å²) in [5.74, 6) is 3.26. The van der Waals surface area contributed by atoms with Gasteiger partial charge in [0.1, 0.15) is 5.60 Å². The van der Waals surface area contributed by atoms with Gasteiger partial charge in [-0.2, -0.15) is 0 Å². The van der Waals surface area contributed by atoms with Crippen molar-refractivity contribution in [2.45, 2.75) is 64.5 Å². The van der Waals surface area contributed by atoms with Crippen LogP contribution in [-0.4, -0.2) is 17.7 Å². The average molecular weight is 237 g/mol. The molecule has 0 heterocycles. The minimum Gasteiger partial charge on any atom is -0.444 e. The number of rotatable bonds is 2. The first-order chi connectivity index (χ1) is 7.90. The van der Waals surface area contributed by atoms with Crippen LogP contribution in [0.5, 0.6) is 0 Å². The number of hydrogen-bond donors (Lipinski definition) is 1. The molecule has 1 rings (SSSR count). The van der Waals surface area contributed by atoms with Crippen molar-refractivity contribution in [2.24, 2.45) is 5.92 Å². The molecule has 3 heteroatoms. The Morgan fingerprint density at radius 3 is 2.76 bits per heavy atom. The summed E-state index contributed by atoms with van der Waals surface area (Å²) in [6.45, 7) is 5.61. The molecule has 0 aliphatic heterocycles. The molecule has 0 bridgehead atoms. The van der Waals surface area contributed by atoms with Gasteiger partial charge >= 0.3 is 6.09 Å². The molecule has 0 aromatic rings. The Balaban J connectivity index is 2.36. The van der Waals surface area contributed by atoms with Crippen LogP contribution in [0, 0.1) is 18.3 Å². The van der Waals surface area contributed by atoms with Crippen LogP contribution < -0.4 is 5.32 Å². The Bertz CT molecular complexity index is 298. The molecule has 1 aliphatic rings. The van der Waals surface area contributed by atoms with E-state index in [1.807, 2.05) is 20.8 Å². The molecule has 1 aliphatic carbocycles. The monoisotopic (exact) mass is 237 g/mol. The lowest BCUT2D eigenvalue weighted by molar-refractivity contribution is 0.0485. The Hall–Kier alpha value is -1.17. The van der Waals surface area contributed by atoms with Crippen LogP contribution in [0.2, 0.25) is 0 Å². The second kappa shape index (κ2) is 5.95. The summed E-state index contributed by atoms with van der Waals surface area (Å²) in [5, 5.41) is 2.93. The van der Waals surface area contributed by atoms with E-state index in [-0.39, 0.29) is 12.1 Å². The number of alkyl carbamates (subject to hydrolysis) is 1. The van der Waals surface area contributed by atoms with Gasteiger partial charge in [0.2, 0.25) is 0 Å². The number of hydrogen-bond acceptors (Lipinski definition) is 2. The van der Waals surface area contributed by atoms with Crippen molar-refractivity contribution in [1.82, 2.24) is 5.32 Å². The zero-order valence-corrected chi connectivity index (χ0v) is 11.1. The molecule has 0 radical (unpaired) electrons. The highest BCUT2D eigenvalue weighted by Crippen LogP contribution is 2.26. The van der Waals surface area contributed by atoms with Crippen LogP contribution in [0.4, 0.5) is 4.79 Å². The minimum atomic E-state index is -0.434. The summed E-state index contributed by atoms with van der Waals surface area (Å²) in [6.07, 6.45) is 10.1.